The molecule has 1 aliphatic carbocycles. The molecular weight excluding hydrogens is 1010 g/mol. The summed E-state index contributed by atoms with van der Waals surface area (Å²) in [4.78, 5) is 31.6. The molecule has 0 spiro atoms. The van der Waals surface area contributed by atoms with Crippen LogP contribution in [0.3, 0.4) is 0 Å². The van der Waals surface area contributed by atoms with Gasteiger partial charge in [-0.15, -0.1) is 0 Å². The second-order valence-corrected chi connectivity index (χ2v) is 21.6. The van der Waals surface area contributed by atoms with Gasteiger partial charge in [-0.25, -0.2) is 0 Å². The van der Waals surface area contributed by atoms with E-state index >= 15 is 0 Å². The number of anilines is 1. The van der Waals surface area contributed by atoms with E-state index in [9.17, 15) is 9.59 Å². The fourth-order valence-electron chi connectivity index (χ4n) is 11.1. The number of nitrogens with one attached hydrogen (secondary N) is 1. The lowest BCUT2D eigenvalue weighted by atomic mass is 9.69. The molecule has 362 valence electrons. The monoisotopic (exact) mass is 1070 g/mol. The van der Waals surface area contributed by atoms with Crippen molar-refractivity contribution in [1.82, 2.24) is 4.72 Å². The van der Waals surface area contributed by atoms with Gasteiger partial charge in [0.05, 0.1) is 25.0 Å². The smallest absolute Gasteiger partial charge is 0.311 e. The third-order valence-electron chi connectivity index (χ3n) is 14.9. The molecule has 0 aromatic heterocycles. The summed E-state index contributed by atoms with van der Waals surface area (Å²) in [6.07, 6.45) is 11.9. The molecule has 1 N–H and O–H groups in total. The third-order valence-corrected chi connectivity index (χ3v) is 16.4. The summed E-state index contributed by atoms with van der Waals surface area (Å²) in [5.41, 5.74) is 10.5. The van der Waals surface area contributed by atoms with Gasteiger partial charge >= 0.3 is 5.97 Å². The van der Waals surface area contributed by atoms with Crippen LogP contribution in [0.5, 0.6) is 5.75 Å². The van der Waals surface area contributed by atoms with Gasteiger partial charge in [0.25, 0.3) is 0 Å². The molecule has 10 heteroatoms. The zero-order valence-electron chi connectivity index (χ0n) is 42.2. The van der Waals surface area contributed by atoms with Crippen LogP contribution in [0.4, 0.5) is 11.4 Å². The zero-order valence-corrected chi connectivity index (χ0v) is 46.0. The van der Waals surface area contributed by atoms with Crippen LogP contribution in [0.25, 0.3) is 21.5 Å². The number of aryl methyl sites for hydroxylation is 1. The van der Waals surface area contributed by atoms with Gasteiger partial charge in [-0.2, -0.15) is 4.58 Å². The highest BCUT2D eigenvalue weighted by atomic mass is 127. The number of thioether (sulfide) groups is 1. The van der Waals surface area contributed by atoms with Crippen LogP contribution in [0.2, 0.25) is 0 Å². The largest absolute Gasteiger partial charge is 1.00 e. The number of hydrogen-bond donors (Lipinski definition) is 2. The van der Waals surface area contributed by atoms with Gasteiger partial charge in [0.2, 0.25) is 5.69 Å². The highest BCUT2D eigenvalue weighted by molar-refractivity contribution is 8.03. The number of carbonyl (C=O) groups excluding carboxylic acids is 2. The lowest BCUT2D eigenvalue weighted by molar-refractivity contribution is -0.433. The molecule has 1 unspecified atom stereocenters. The van der Waals surface area contributed by atoms with E-state index in [4.69, 9.17) is 9.47 Å². The summed E-state index contributed by atoms with van der Waals surface area (Å²) in [6.45, 7) is 22.4. The number of benzene rings is 5. The van der Waals surface area contributed by atoms with Gasteiger partial charge in [-0.3, -0.25) is 14.3 Å². The van der Waals surface area contributed by atoms with Crippen LogP contribution >= 0.6 is 24.6 Å². The van der Waals surface area contributed by atoms with E-state index < -0.39 is 5.41 Å². The second kappa shape index (κ2) is 21.0. The number of rotatable bonds is 15. The number of hydrogen-bond acceptors (Lipinski definition) is 8. The van der Waals surface area contributed by atoms with Crippen LogP contribution in [-0.4, -0.2) is 55.9 Å². The van der Waals surface area contributed by atoms with Gasteiger partial charge in [0, 0.05) is 69.4 Å². The van der Waals surface area contributed by atoms with Crippen molar-refractivity contribution in [2.45, 2.75) is 104 Å². The lowest BCUT2D eigenvalue weighted by Crippen LogP contribution is -3.00. The lowest BCUT2D eigenvalue weighted by Gasteiger charge is -2.37. The first-order valence-electron chi connectivity index (χ1n) is 24.2. The number of thiol groups is 1. The maximum absolute atomic E-state index is 13.7. The topological polar surface area (TPSA) is 70.9 Å². The molecule has 0 saturated carbocycles. The fraction of sp³-hybridized carbons (Fsp3) is 0.373. The number of halogens is 1. The summed E-state index contributed by atoms with van der Waals surface area (Å²) in [5.74, 6) is 0.717. The van der Waals surface area contributed by atoms with Crippen molar-refractivity contribution in [3.8, 4) is 5.75 Å². The summed E-state index contributed by atoms with van der Waals surface area (Å²) < 4.78 is 16.4. The molecule has 5 aromatic rings. The van der Waals surface area contributed by atoms with Crippen molar-refractivity contribution < 1.29 is 47.6 Å². The number of ether oxygens (including phenoxy) is 2. The molecule has 0 radical (unpaired) electrons. The first kappa shape index (κ1) is 52.2. The minimum absolute atomic E-state index is 0. The van der Waals surface area contributed by atoms with Crippen molar-refractivity contribution in [1.29, 1.82) is 0 Å². The Labute approximate surface area is 437 Å². The zero-order chi connectivity index (χ0) is 48.7. The van der Waals surface area contributed by atoms with E-state index in [0.717, 1.165) is 35.5 Å². The van der Waals surface area contributed by atoms with E-state index in [2.05, 4.69) is 173 Å². The van der Waals surface area contributed by atoms with Gasteiger partial charge < -0.3 is 38.4 Å². The van der Waals surface area contributed by atoms with Crippen molar-refractivity contribution in [2.24, 2.45) is 11.3 Å². The average Bonchev–Trinajstić information content (AvgIpc) is 3.70. The van der Waals surface area contributed by atoms with Crippen molar-refractivity contribution in [3.63, 3.8) is 0 Å². The van der Waals surface area contributed by atoms with Crippen LogP contribution in [0.15, 0.2) is 136 Å². The van der Waals surface area contributed by atoms with Gasteiger partial charge in [-0.05, 0) is 154 Å². The number of fused-ring (bicyclic) bond motifs is 6. The maximum Gasteiger partial charge on any atom is 0.311 e. The Hall–Kier alpha value is -4.62. The predicted molar refractivity (Wildman–Crippen MR) is 287 cm³/mol. The van der Waals surface area contributed by atoms with Crippen LogP contribution < -0.4 is 38.3 Å². The molecule has 2 aliphatic heterocycles. The number of esters is 1. The normalized spacial score (nSPS) is 18.7. The summed E-state index contributed by atoms with van der Waals surface area (Å²) in [5, 5.41) is 4.93. The Bertz CT molecular complexity index is 2980. The molecule has 3 aliphatic rings. The molecule has 1 atom stereocenters. The predicted octanol–water partition coefficient (Wildman–Crippen LogP) is 10.9. The SMILES string of the molecule is CCN1/C(=C/C=C2\CC(C(C)(C)C(=O)OC)CC(/C=C/C3=[N+](CC)c4ccc5cc(OC)ccc5c4C3(C)C)=C2Sc2ccc(C(=O)CCCNS)cc2)C(C)(C)c2c1ccc1cc(C)ccc21.[I-]. The Morgan fingerprint density at radius 2 is 1.57 bits per heavy atom. The highest BCUT2D eigenvalue weighted by Crippen LogP contribution is 2.53. The summed E-state index contributed by atoms with van der Waals surface area (Å²) in [6, 6.07) is 30.3. The van der Waals surface area contributed by atoms with Crippen LogP contribution in [0.1, 0.15) is 108 Å². The Morgan fingerprint density at radius 3 is 2.25 bits per heavy atom. The Kier molecular flexibility index (Phi) is 15.9. The molecule has 0 bridgehead atoms. The second-order valence-electron chi connectivity index (χ2n) is 20.2. The Morgan fingerprint density at radius 1 is 0.870 bits per heavy atom. The Balaban J connectivity index is 0.00000703. The minimum atomic E-state index is -0.762. The van der Waals surface area contributed by atoms with Gasteiger partial charge in [0.1, 0.15) is 12.3 Å². The first-order valence-corrected chi connectivity index (χ1v) is 25.4. The number of carbonyl (C=O) groups is 2. The number of nitrogens with zero attached hydrogens (tertiary/aromatic N) is 2. The van der Waals surface area contributed by atoms with E-state index in [-0.39, 0.29) is 52.5 Å². The fourth-order valence-corrected chi connectivity index (χ4v) is 12.3. The maximum atomic E-state index is 13.7. The number of likely N-dealkylation sites (N-methyl/N-ethyl adjacent to an activating group) is 1. The molecule has 69 heavy (non-hydrogen) atoms. The molecule has 0 amide bonds. The average molecular weight is 1070 g/mol. The van der Waals surface area contributed by atoms with E-state index in [1.54, 1.807) is 18.9 Å². The van der Waals surface area contributed by atoms with Gasteiger partial charge in [-0.1, -0.05) is 98.6 Å². The first-order chi connectivity index (χ1) is 32.5. The summed E-state index contributed by atoms with van der Waals surface area (Å²) >= 11 is 5.84. The number of Topliss-reactive ketones (excluding diaryl/α,β-unsaturated/α-hetero) is 1. The number of allylic oxidation sites excluding steroid dienone is 7. The number of ketones is 1. The molecular formula is C59H68IN3O4S2. The van der Waals surface area contributed by atoms with Crippen molar-refractivity contribution in [3.05, 3.63) is 153 Å². The van der Waals surface area contributed by atoms with Crippen molar-refractivity contribution >= 4 is 75.0 Å². The van der Waals surface area contributed by atoms with Gasteiger partial charge in [0.15, 0.2) is 11.5 Å². The number of methoxy groups -OCH3 is 2. The van der Waals surface area contributed by atoms with E-state index in [0.29, 0.717) is 31.4 Å². The molecule has 7 nitrogen and oxygen atoms in total. The highest BCUT2D eigenvalue weighted by Gasteiger charge is 2.46. The quantitative estimate of drug-likeness (QED) is 0.0270. The molecule has 8 rings (SSSR count). The molecule has 0 fully saturated rings. The standard InChI is InChI=1S/C59H68N3O4S2.HI/c1-12-61-48-28-19-39-33-37(3)16-26-46(39)53(48)58(6,7)51(61)30-21-41-34-43(57(4,5)56(64)66-11)35-42(55(41)68-45-24-17-38(18-25-45)50(63)15-14-32-60-67)22-31-52-59(8,9)54-47-27-23-44(65-10)36-40(47)20-29-49(54)62(52)13-2;/h16-31,33,36,43,60,67H,12-15,32,34-35H2,1-11H3;1H/q+1;/p-1. The molecule has 5 aromatic carbocycles. The third kappa shape index (κ3) is 9.76. The molecule has 2 heterocycles. The van der Waals surface area contributed by atoms with E-state index in [1.807, 2.05) is 26.0 Å². The van der Waals surface area contributed by atoms with E-state index in [1.165, 1.54) is 78.8 Å². The minimum Gasteiger partial charge on any atom is -1.00 e. The van der Waals surface area contributed by atoms with Crippen molar-refractivity contribution in [2.75, 3.05) is 38.8 Å². The molecule has 0 saturated heterocycles. The van der Waals surface area contributed by atoms with Crippen LogP contribution in [-0.2, 0) is 20.4 Å². The van der Waals surface area contributed by atoms with Crippen LogP contribution in [0, 0.1) is 18.3 Å². The summed E-state index contributed by atoms with van der Waals surface area (Å²) in [7, 11) is 3.21.